The molecule has 0 radical (unpaired) electrons. The number of hydrogen-bond donors (Lipinski definition) is 1. The highest BCUT2D eigenvalue weighted by Gasteiger charge is 2.15. The lowest BCUT2D eigenvalue weighted by Gasteiger charge is -2.07. The van der Waals surface area contributed by atoms with Crippen LogP contribution in [0.25, 0.3) is 11.0 Å². The van der Waals surface area contributed by atoms with Crippen molar-refractivity contribution in [1.82, 2.24) is 5.16 Å². The molecule has 1 amide bonds. The summed E-state index contributed by atoms with van der Waals surface area (Å²) in [6, 6.07) is 8.99. The molecule has 3 aromatic rings. The summed E-state index contributed by atoms with van der Waals surface area (Å²) in [5, 5.41) is 8.30. The average molecular weight is 349 g/mol. The van der Waals surface area contributed by atoms with E-state index in [1.54, 1.807) is 18.2 Å². The van der Waals surface area contributed by atoms with E-state index < -0.39 is 0 Å². The summed E-state index contributed by atoms with van der Waals surface area (Å²) in [5.41, 5.74) is 4.00. The zero-order valence-corrected chi connectivity index (χ0v) is 14.1. The van der Waals surface area contributed by atoms with Crippen molar-refractivity contribution < 1.29 is 9.32 Å². The minimum atomic E-state index is -0.234. The summed E-state index contributed by atoms with van der Waals surface area (Å²) in [7, 11) is 0. The molecule has 2 aromatic carbocycles. The molecule has 1 aromatic heterocycles. The number of carbonyl (C=O) groups excluding carboxylic acids is 1. The molecule has 1 N–H and O–H groups in total. The van der Waals surface area contributed by atoms with Crippen molar-refractivity contribution in [2.45, 2.75) is 20.3 Å². The second kappa shape index (κ2) is 6.22. The number of carbonyl (C=O) groups is 1. The first-order chi connectivity index (χ1) is 11.0. The van der Waals surface area contributed by atoms with Gasteiger partial charge >= 0.3 is 0 Å². The van der Waals surface area contributed by atoms with Crippen LogP contribution in [0.2, 0.25) is 10.0 Å². The fourth-order valence-corrected chi connectivity index (χ4v) is 2.67. The summed E-state index contributed by atoms with van der Waals surface area (Å²) in [4.78, 5) is 12.2. The summed E-state index contributed by atoms with van der Waals surface area (Å²) in [6.07, 6.45) is 0.0956. The number of nitrogens with zero attached hydrogens (tertiary/aromatic N) is 1. The van der Waals surface area contributed by atoms with Gasteiger partial charge in [0.05, 0.1) is 22.2 Å². The number of rotatable bonds is 3. The van der Waals surface area contributed by atoms with Crippen molar-refractivity contribution in [3.8, 4) is 0 Å². The van der Waals surface area contributed by atoms with Gasteiger partial charge in [0.1, 0.15) is 5.69 Å². The normalized spacial score (nSPS) is 11.0. The van der Waals surface area contributed by atoms with Gasteiger partial charge in [-0.15, -0.1) is 0 Å². The molecular weight excluding hydrogens is 335 g/mol. The molecule has 0 unspecified atom stereocenters. The minimum Gasteiger partial charge on any atom is -0.356 e. The van der Waals surface area contributed by atoms with Gasteiger partial charge < -0.3 is 9.84 Å². The SMILES string of the molecule is Cc1cc2onc(CC(=O)Nc3cccc(Cl)c3Cl)c2cc1C. The van der Waals surface area contributed by atoms with Crippen molar-refractivity contribution in [1.29, 1.82) is 0 Å². The van der Waals surface area contributed by atoms with Crippen LogP contribution in [-0.2, 0) is 11.2 Å². The zero-order chi connectivity index (χ0) is 16.6. The van der Waals surface area contributed by atoms with E-state index in [2.05, 4.69) is 10.5 Å². The number of halogens is 2. The van der Waals surface area contributed by atoms with Gasteiger partial charge in [0.15, 0.2) is 5.58 Å². The molecule has 3 rings (SSSR count). The van der Waals surface area contributed by atoms with E-state index in [0.29, 0.717) is 27.0 Å². The highest BCUT2D eigenvalue weighted by Crippen LogP contribution is 2.30. The largest absolute Gasteiger partial charge is 0.356 e. The molecule has 4 nitrogen and oxygen atoms in total. The van der Waals surface area contributed by atoms with Gasteiger partial charge in [-0.3, -0.25) is 4.79 Å². The predicted octanol–water partition coefficient (Wildman–Crippen LogP) is 4.93. The Kier molecular flexibility index (Phi) is 4.28. The summed E-state index contributed by atoms with van der Waals surface area (Å²) < 4.78 is 5.30. The number of nitrogens with one attached hydrogen (secondary N) is 1. The maximum absolute atomic E-state index is 12.2. The van der Waals surface area contributed by atoms with Crippen LogP contribution in [0.1, 0.15) is 16.8 Å². The van der Waals surface area contributed by atoms with Crippen LogP contribution in [0.3, 0.4) is 0 Å². The lowest BCUT2D eigenvalue weighted by molar-refractivity contribution is -0.115. The topological polar surface area (TPSA) is 55.1 Å². The number of amides is 1. The Morgan fingerprint density at radius 2 is 1.96 bits per heavy atom. The second-order valence-electron chi connectivity index (χ2n) is 5.39. The smallest absolute Gasteiger partial charge is 0.230 e. The Balaban J connectivity index is 1.83. The van der Waals surface area contributed by atoms with Crippen LogP contribution in [-0.4, -0.2) is 11.1 Å². The first kappa shape index (κ1) is 15.8. The van der Waals surface area contributed by atoms with Crippen molar-refractivity contribution in [2.24, 2.45) is 0 Å². The molecule has 0 spiro atoms. The van der Waals surface area contributed by atoms with Crippen LogP contribution in [0, 0.1) is 13.8 Å². The molecule has 23 heavy (non-hydrogen) atoms. The summed E-state index contributed by atoms with van der Waals surface area (Å²) in [6.45, 7) is 4.02. The lowest BCUT2D eigenvalue weighted by atomic mass is 10.1. The number of fused-ring (bicyclic) bond motifs is 1. The molecular formula is C17H14Cl2N2O2. The molecule has 0 aliphatic heterocycles. The molecule has 1 heterocycles. The van der Waals surface area contributed by atoms with Gasteiger partial charge in [0.25, 0.3) is 0 Å². The van der Waals surface area contributed by atoms with E-state index in [4.69, 9.17) is 27.7 Å². The van der Waals surface area contributed by atoms with Crippen LogP contribution in [0.5, 0.6) is 0 Å². The number of aryl methyl sites for hydroxylation is 2. The Morgan fingerprint density at radius 3 is 2.74 bits per heavy atom. The molecule has 0 aliphatic carbocycles. The van der Waals surface area contributed by atoms with Gasteiger partial charge in [-0.1, -0.05) is 34.4 Å². The van der Waals surface area contributed by atoms with Crippen molar-refractivity contribution in [3.63, 3.8) is 0 Å². The Morgan fingerprint density at radius 1 is 1.22 bits per heavy atom. The van der Waals surface area contributed by atoms with E-state index in [0.717, 1.165) is 16.5 Å². The van der Waals surface area contributed by atoms with Gasteiger partial charge in [-0.2, -0.15) is 0 Å². The second-order valence-corrected chi connectivity index (χ2v) is 6.17. The van der Waals surface area contributed by atoms with Gasteiger partial charge in [0, 0.05) is 5.39 Å². The Hall–Kier alpha value is -2.04. The van der Waals surface area contributed by atoms with Crippen LogP contribution >= 0.6 is 23.2 Å². The van der Waals surface area contributed by atoms with Crippen molar-refractivity contribution >= 4 is 45.8 Å². The molecule has 0 atom stereocenters. The van der Waals surface area contributed by atoms with Gasteiger partial charge in [-0.05, 0) is 49.2 Å². The average Bonchev–Trinajstić information content (AvgIpc) is 2.86. The molecule has 0 saturated carbocycles. The molecule has 0 aliphatic rings. The molecule has 0 bridgehead atoms. The number of aromatic nitrogens is 1. The molecule has 0 fully saturated rings. The summed E-state index contributed by atoms with van der Waals surface area (Å²) in [5.74, 6) is -0.234. The Labute approximate surface area is 143 Å². The third kappa shape index (κ3) is 3.19. The van der Waals surface area contributed by atoms with Gasteiger partial charge in [0.2, 0.25) is 5.91 Å². The maximum atomic E-state index is 12.2. The summed E-state index contributed by atoms with van der Waals surface area (Å²) >= 11 is 12.0. The van der Waals surface area contributed by atoms with Crippen molar-refractivity contribution in [2.75, 3.05) is 5.32 Å². The van der Waals surface area contributed by atoms with Gasteiger partial charge in [-0.25, -0.2) is 0 Å². The molecule has 118 valence electrons. The zero-order valence-electron chi connectivity index (χ0n) is 12.6. The predicted molar refractivity (Wildman–Crippen MR) is 92.3 cm³/mol. The third-order valence-electron chi connectivity index (χ3n) is 3.71. The van der Waals surface area contributed by atoms with Crippen LogP contribution in [0.15, 0.2) is 34.9 Å². The van der Waals surface area contributed by atoms with E-state index in [1.165, 1.54) is 0 Å². The fraction of sp³-hybridized carbons (Fsp3) is 0.176. The van der Waals surface area contributed by atoms with Crippen LogP contribution in [0.4, 0.5) is 5.69 Å². The minimum absolute atomic E-state index is 0.0956. The van der Waals surface area contributed by atoms with E-state index in [1.807, 2.05) is 26.0 Å². The number of hydrogen-bond acceptors (Lipinski definition) is 3. The quantitative estimate of drug-likeness (QED) is 0.729. The van der Waals surface area contributed by atoms with E-state index in [9.17, 15) is 4.79 Å². The number of benzene rings is 2. The van der Waals surface area contributed by atoms with E-state index >= 15 is 0 Å². The first-order valence-electron chi connectivity index (χ1n) is 7.05. The van der Waals surface area contributed by atoms with Crippen molar-refractivity contribution in [3.05, 3.63) is 57.2 Å². The van der Waals surface area contributed by atoms with E-state index in [-0.39, 0.29) is 12.3 Å². The monoisotopic (exact) mass is 348 g/mol. The standard InChI is InChI=1S/C17H14Cl2N2O2/c1-9-6-11-14(21-23-15(11)7-10(9)2)8-16(22)20-13-5-3-4-12(18)17(13)19/h3-7H,8H2,1-2H3,(H,20,22). The molecule has 0 saturated heterocycles. The number of anilines is 1. The third-order valence-corrected chi connectivity index (χ3v) is 4.53. The highest BCUT2D eigenvalue weighted by molar-refractivity contribution is 6.44. The Bertz CT molecular complexity index is 903. The maximum Gasteiger partial charge on any atom is 0.230 e. The highest BCUT2D eigenvalue weighted by atomic mass is 35.5. The first-order valence-corrected chi connectivity index (χ1v) is 7.80. The molecule has 6 heteroatoms. The lowest BCUT2D eigenvalue weighted by Crippen LogP contribution is -2.15. The van der Waals surface area contributed by atoms with Crippen LogP contribution < -0.4 is 5.32 Å². The fourth-order valence-electron chi connectivity index (χ4n) is 2.32.